The number of hydrogen-bond donors (Lipinski definition) is 0. The summed E-state index contributed by atoms with van der Waals surface area (Å²) in [5.41, 5.74) is 2.36. The molecule has 0 bridgehead atoms. The molecule has 1 aromatic rings. The fraction of sp³-hybridized carbons (Fsp3) is 0.750. The van der Waals surface area contributed by atoms with Gasteiger partial charge in [-0.2, -0.15) is 0 Å². The Morgan fingerprint density at radius 3 is 1.04 bits per heavy atom. The second kappa shape index (κ2) is 8.40. The van der Waals surface area contributed by atoms with Crippen molar-refractivity contribution in [2.75, 3.05) is 0 Å². The molecule has 3 heteroatoms. The Morgan fingerprint density at radius 2 is 0.815 bits per heavy atom. The Labute approximate surface area is 171 Å². The average Bonchev–Trinajstić information content (AvgIpc) is 2.36. The molecule has 0 aliphatic rings. The quantitative estimate of drug-likeness (QED) is 0.433. The van der Waals surface area contributed by atoms with Crippen LogP contribution in [-0.2, 0) is 12.3 Å². The summed E-state index contributed by atoms with van der Waals surface area (Å²) in [5, 5.41) is 1.01. The van der Waals surface area contributed by atoms with Gasteiger partial charge in [-0.15, -0.1) is 0 Å². The zero-order chi connectivity index (χ0) is 21.4. The molecule has 1 rings (SSSR count). The molecule has 1 aromatic carbocycles. The van der Waals surface area contributed by atoms with Crippen LogP contribution in [0, 0.1) is 5.82 Å². The summed E-state index contributed by atoms with van der Waals surface area (Å²) in [6, 6.07) is 5.84. The van der Waals surface area contributed by atoms with Gasteiger partial charge in [0.1, 0.15) is 5.82 Å². The van der Waals surface area contributed by atoms with Gasteiger partial charge < -0.3 is 0 Å². The summed E-state index contributed by atoms with van der Waals surface area (Å²) in [7, 11) is -0.541. The maximum absolute atomic E-state index is 14.5. The predicted molar refractivity (Wildman–Crippen MR) is 127 cm³/mol. The zero-order valence-electron chi connectivity index (χ0n) is 19.9. The molecule has 0 radical (unpaired) electrons. The lowest BCUT2D eigenvalue weighted by Gasteiger charge is -2.42. The fourth-order valence-electron chi connectivity index (χ4n) is 4.23. The summed E-state index contributed by atoms with van der Waals surface area (Å²) in [6.07, 6.45) is 1.99. The highest BCUT2D eigenvalue weighted by Gasteiger charge is 2.35. The SMILES string of the molecule is CC(C)(C)P(Cc1cc(F)cc(CP(C(C)(C)C)C(C)(C)C)c1)C(C)(C)C. The maximum Gasteiger partial charge on any atom is 0.123 e. The van der Waals surface area contributed by atoms with Gasteiger partial charge in [0.2, 0.25) is 0 Å². The average molecular weight is 413 g/mol. The van der Waals surface area contributed by atoms with E-state index in [1.165, 1.54) is 11.1 Å². The predicted octanol–water partition coefficient (Wildman–Crippen LogP) is 8.98. The van der Waals surface area contributed by atoms with Gasteiger partial charge in [-0.1, -0.05) is 105 Å². The lowest BCUT2D eigenvalue weighted by molar-refractivity contribution is 0.624. The highest BCUT2D eigenvalue weighted by molar-refractivity contribution is 7.60. The summed E-state index contributed by atoms with van der Waals surface area (Å²) in [5.74, 6) is -0.0713. The second-order valence-corrected chi connectivity index (χ2v) is 19.5. The van der Waals surface area contributed by atoms with Gasteiger partial charge >= 0.3 is 0 Å². The van der Waals surface area contributed by atoms with Crippen molar-refractivity contribution in [3.05, 3.63) is 35.1 Å². The van der Waals surface area contributed by atoms with Crippen LogP contribution in [-0.4, -0.2) is 20.6 Å². The first-order valence-corrected chi connectivity index (χ1v) is 13.2. The topological polar surface area (TPSA) is 0 Å². The van der Waals surface area contributed by atoms with Crippen LogP contribution in [0.5, 0.6) is 0 Å². The third-order valence-electron chi connectivity index (χ3n) is 4.94. The van der Waals surface area contributed by atoms with Gasteiger partial charge in [-0.25, -0.2) is 4.39 Å². The number of halogens is 1. The standard InChI is InChI=1S/C24H43FP2/c1-21(2,3)26(22(4,5)6)16-18-13-19(15-20(25)14-18)17-27(23(7,8)9)24(10,11)12/h13-15H,16-17H2,1-12H3. The molecule has 156 valence electrons. The monoisotopic (exact) mass is 412 g/mol. The van der Waals surface area contributed by atoms with Crippen LogP contribution in [0.3, 0.4) is 0 Å². The molecule has 0 atom stereocenters. The molecule has 0 saturated carbocycles. The van der Waals surface area contributed by atoms with Gasteiger partial charge in [-0.3, -0.25) is 0 Å². The van der Waals surface area contributed by atoms with Crippen LogP contribution in [0.25, 0.3) is 0 Å². The molecule has 0 spiro atoms. The molecule has 0 unspecified atom stereocenters. The van der Waals surface area contributed by atoms with Crippen LogP contribution in [0.15, 0.2) is 18.2 Å². The van der Waals surface area contributed by atoms with Crippen molar-refractivity contribution in [1.29, 1.82) is 0 Å². The smallest absolute Gasteiger partial charge is 0.123 e. The third kappa shape index (κ3) is 7.74. The minimum atomic E-state index is -0.271. The number of rotatable bonds is 4. The molecule has 0 aliphatic carbocycles. The van der Waals surface area contributed by atoms with Crippen molar-refractivity contribution in [3.63, 3.8) is 0 Å². The Bertz CT molecular complexity index is 541. The van der Waals surface area contributed by atoms with Crippen molar-refractivity contribution >= 4 is 15.8 Å². The first kappa shape index (κ1) is 25.0. The molecule has 0 aliphatic heterocycles. The largest absolute Gasteiger partial charge is 0.207 e. The highest BCUT2D eigenvalue weighted by Crippen LogP contribution is 2.62. The van der Waals surface area contributed by atoms with E-state index >= 15 is 0 Å². The Hall–Kier alpha value is 0.01000. The molecule has 0 heterocycles. The van der Waals surface area contributed by atoms with E-state index in [0.717, 1.165) is 12.3 Å². The van der Waals surface area contributed by atoms with E-state index in [9.17, 15) is 4.39 Å². The normalized spacial score (nSPS) is 14.3. The van der Waals surface area contributed by atoms with E-state index in [1.807, 2.05) is 0 Å². The third-order valence-corrected chi connectivity index (χ3v) is 12.8. The molecule has 0 saturated heterocycles. The molecule has 0 nitrogen and oxygen atoms in total. The van der Waals surface area contributed by atoms with E-state index in [0.29, 0.717) is 0 Å². The summed E-state index contributed by atoms with van der Waals surface area (Å²) < 4.78 is 14.5. The lowest BCUT2D eigenvalue weighted by Crippen LogP contribution is -2.26. The number of benzene rings is 1. The van der Waals surface area contributed by atoms with Crippen molar-refractivity contribution in [2.24, 2.45) is 0 Å². The van der Waals surface area contributed by atoms with Crippen LogP contribution in [0.4, 0.5) is 4.39 Å². The molecular formula is C24H43FP2. The van der Waals surface area contributed by atoms with Crippen LogP contribution in [0.2, 0.25) is 0 Å². The van der Waals surface area contributed by atoms with E-state index in [-0.39, 0.29) is 42.3 Å². The Morgan fingerprint density at radius 1 is 0.556 bits per heavy atom. The van der Waals surface area contributed by atoms with Crippen LogP contribution in [0.1, 0.15) is 94.2 Å². The first-order chi connectivity index (χ1) is 11.8. The Kier molecular flexibility index (Phi) is 7.79. The van der Waals surface area contributed by atoms with Crippen molar-refractivity contribution in [3.8, 4) is 0 Å². The Balaban J connectivity index is 3.24. The van der Waals surface area contributed by atoms with Crippen molar-refractivity contribution in [1.82, 2.24) is 0 Å². The van der Waals surface area contributed by atoms with Gasteiger partial charge in [0.25, 0.3) is 0 Å². The zero-order valence-corrected chi connectivity index (χ0v) is 21.7. The maximum atomic E-state index is 14.5. The van der Waals surface area contributed by atoms with E-state index in [4.69, 9.17) is 0 Å². The highest BCUT2D eigenvalue weighted by atomic mass is 31.1. The molecule has 0 aromatic heterocycles. The molecule has 0 amide bonds. The van der Waals surface area contributed by atoms with E-state index in [1.54, 1.807) is 12.1 Å². The summed E-state index contributed by atoms with van der Waals surface area (Å²) in [4.78, 5) is 0. The summed E-state index contributed by atoms with van der Waals surface area (Å²) in [6.45, 7) is 28.0. The molecular weight excluding hydrogens is 369 g/mol. The first-order valence-electron chi connectivity index (χ1n) is 10.2. The van der Waals surface area contributed by atoms with Crippen molar-refractivity contribution in [2.45, 2.75) is 116 Å². The molecule has 0 fully saturated rings. The van der Waals surface area contributed by atoms with Crippen LogP contribution < -0.4 is 0 Å². The molecule has 0 N–H and O–H groups in total. The van der Waals surface area contributed by atoms with E-state index in [2.05, 4.69) is 89.2 Å². The fourth-order valence-corrected chi connectivity index (χ4v) is 11.2. The minimum absolute atomic E-state index is 0.0713. The van der Waals surface area contributed by atoms with Gasteiger partial charge in [-0.05, 0) is 56.2 Å². The van der Waals surface area contributed by atoms with Gasteiger partial charge in [0.05, 0.1) is 0 Å². The minimum Gasteiger partial charge on any atom is -0.207 e. The van der Waals surface area contributed by atoms with Crippen LogP contribution >= 0.6 is 15.8 Å². The van der Waals surface area contributed by atoms with Gasteiger partial charge in [0.15, 0.2) is 0 Å². The number of hydrogen-bond acceptors (Lipinski definition) is 0. The second-order valence-electron chi connectivity index (χ2n) is 11.8. The van der Waals surface area contributed by atoms with Gasteiger partial charge in [0, 0.05) is 0 Å². The lowest BCUT2D eigenvalue weighted by atomic mass is 10.1. The summed E-state index contributed by atoms with van der Waals surface area (Å²) >= 11 is 0. The van der Waals surface area contributed by atoms with Crippen molar-refractivity contribution < 1.29 is 4.39 Å². The molecule has 27 heavy (non-hydrogen) atoms. The van der Waals surface area contributed by atoms with E-state index < -0.39 is 0 Å².